The minimum Gasteiger partial charge on any atom is -0.387 e. The number of aliphatic hydroxyl groups is 1. The van der Waals surface area contributed by atoms with Gasteiger partial charge in [0.15, 0.2) is 0 Å². The fraction of sp³-hybridized carbons (Fsp3) is 0.500. The fourth-order valence-electron chi connectivity index (χ4n) is 1.77. The third kappa shape index (κ3) is 3.24. The second-order valence-corrected chi connectivity index (χ2v) is 6.36. The molecule has 1 aromatic rings. The molecule has 0 radical (unpaired) electrons. The van der Waals surface area contributed by atoms with Gasteiger partial charge >= 0.3 is 0 Å². The van der Waals surface area contributed by atoms with Crippen molar-refractivity contribution >= 4 is 33.6 Å². The molecule has 2 rings (SSSR count). The van der Waals surface area contributed by atoms with E-state index in [-0.39, 0.29) is 5.91 Å². The number of aromatic nitrogens is 1. The highest BCUT2D eigenvalue weighted by Gasteiger charge is 2.32. The smallest absolute Gasteiger partial charge is 0.254 e. The molecule has 1 saturated heterocycles. The van der Waals surface area contributed by atoms with Crippen molar-refractivity contribution in [2.45, 2.75) is 18.9 Å². The second-order valence-electron chi connectivity index (χ2n) is 4.50. The largest absolute Gasteiger partial charge is 0.387 e. The van der Waals surface area contributed by atoms with Crippen LogP contribution in [0.5, 0.6) is 0 Å². The number of thioether (sulfide) groups is 1. The summed E-state index contributed by atoms with van der Waals surface area (Å²) >= 11 is 4.99. The number of halogens is 1. The van der Waals surface area contributed by atoms with E-state index in [1.54, 1.807) is 23.9 Å². The number of aryl methyl sites for hydroxylation is 1. The lowest BCUT2D eigenvalue weighted by Crippen LogP contribution is -2.43. The average Bonchev–Trinajstić information content (AvgIpc) is 2.74. The van der Waals surface area contributed by atoms with Crippen LogP contribution < -0.4 is 5.32 Å². The Bertz CT molecular complexity index is 461. The lowest BCUT2D eigenvalue weighted by Gasteiger charge is -2.21. The zero-order valence-corrected chi connectivity index (χ0v) is 12.5. The van der Waals surface area contributed by atoms with Gasteiger partial charge in [0.1, 0.15) is 4.60 Å². The van der Waals surface area contributed by atoms with Gasteiger partial charge in [0, 0.05) is 18.0 Å². The number of pyridine rings is 1. The van der Waals surface area contributed by atoms with Crippen molar-refractivity contribution in [2.24, 2.45) is 0 Å². The molecule has 1 atom stereocenters. The molecule has 0 aromatic carbocycles. The summed E-state index contributed by atoms with van der Waals surface area (Å²) in [6.45, 7) is 2.16. The van der Waals surface area contributed by atoms with Crippen LogP contribution in [-0.2, 0) is 0 Å². The van der Waals surface area contributed by atoms with Crippen molar-refractivity contribution in [3.63, 3.8) is 0 Å². The topological polar surface area (TPSA) is 62.2 Å². The summed E-state index contributed by atoms with van der Waals surface area (Å²) in [6.07, 6.45) is 0.727. The zero-order valence-electron chi connectivity index (χ0n) is 10.1. The number of hydrogen-bond acceptors (Lipinski definition) is 4. The maximum Gasteiger partial charge on any atom is 0.254 e. The molecule has 6 heteroatoms. The van der Waals surface area contributed by atoms with Crippen LogP contribution in [0.4, 0.5) is 0 Å². The summed E-state index contributed by atoms with van der Waals surface area (Å²) in [5.41, 5.74) is 0.587. The van der Waals surface area contributed by atoms with Gasteiger partial charge in [-0.25, -0.2) is 4.98 Å². The molecule has 18 heavy (non-hydrogen) atoms. The Morgan fingerprint density at radius 1 is 1.67 bits per heavy atom. The van der Waals surface area contributed by atoms with Crippen LogP contribution in [0.2, 0.25) is 0 Å². The predicted octanol–water partition coefficient (Wildman–Crippen LogP) is 1.75. The van der Waals surface area contributed by atoms with Crippen LogP contribution >= 0.6 is 27.7 Å². The van der Waals surface area contributed by atoms with Gasteiger partial charge in [0.05, 0.1) is 11.2 Å². The van der Waals surface area contributed by atoms with Gasteiger partial charge in [-0.1, -0.05) is 0 Å². The third-order valence-electron chi connectivity index (χ3n) is 2.89. The van der Waals surface area contributed by atoms with E-state index < -0.39 is 5.60 Å². The first-order valence-corrected chi connectivity index (χ1v) is 7.66. The first-order chi connectivity index (χ1) is 8.50. The Labute approximate surface area is 119 Å². The van der Waals surface area contributed by atoms with Crippen molar-refractivity contribution in [1.29, 1.82) is 0 Å². The van der Waals surface area contributed by atoms with Gasteiger partial charge in [0.25, 0.3) is 5.91 Å². The SMILES string of the molecule is Cc1ccc(C(=O)NCC2(O)CCSC2)c(Br)n1. The molecule has 1 aliphatic heterocycles. The zero-order chi connectivity index (χ0) is 13.2. The van der Waals surface area contributed by atoms with Gasteiger partial charge in [-0.3, -0.25) is 4.79 Å². The number of rotatable bonds is 3. The average molecular weight is 331 g/mol. The molecule has 1 aliphatic rings. The van der Waals surface area contributed by atoms with Gasteiger partial charge in [-0.2, -0.15) is 11.8 Å². The summed E-state index contributed by atoms with van der Waals surface area (Å²) in [5.74, 6) is 1.42. The standard InChI is InChI=1S/C12H15BrN2O2S/c1-8-2-3-9(10(13)15-8)11(16)14-6-12(17)4-5-18-7-12/h2-3,17H,4-7H2,1H3,(H,14,16). The Kier molecular flexibility index (Phi) is 4.29. The van der Waals surface area contributed by atoms with Gasteiger partial charge in [-0.15, -0.1) is 0 Å². The highest BCUT2D eigenvalue weighted by Crippen LogP contribution is 2.27. The Morgan fingerprint density at radius 3 is 3.06 bits per heavy atom. The van der Waals surface area contributed by atoms with Gasteiger partial charge < -0.3 is 10.4 Å². The molecule has 1 fully saturated rings. The highest BCUT2D eigenvalue weighted by molar-refractivity contribution is 9.10. The number of hydrogen-bond donors (Lipinski definition) is 2. The van der Waals surface area contributed by atoms with Crippen molar-refractivity contribution in [3.8, 4) is 0 Å². The van der Waals surface area contributed by atoms with E-state index in [1.165, 1.54) is 0 Å². The molecular formula is C12H15BrN2O2S. The van der Waals surface area contributed by atoms with Crippen molar-refractivity contribution in [2.75, 3.05) is 18.1 Å². The van der Waals surface area contributed by atoms with E-state index in [0.29, 0.717) is 22.5 Å². The van der Waals surface area contributed by atoms with Crippen LogP contribution in [0.3, 0.4) is 0 Å². The first kappa shape index (κ1) is 13.8. The normalized spacial score (nSPS) is 23.1. The maximum atomic E-state index is 12.0. The third-order valence-corrected chi connectivity index (χ3v) is 4.73. The molecule has 4 nitrogen and oxygen atoms in total. The Morgan fingerprint density at radius 2 is 2.44 bits per heavy atom. The summed E-state index contributed by atoms with van der Waals surface area (Å²) in [6, 6.07) is 3.52. The lowest BCUT2D eigenvalue weighted by molar-refractivity contribution is 0.0612. The van der Waals surface area contributed by atoms with Crippen LogP contribution in [-0.4, -0.2) is 39.6 Å². The van der Waals surface area contributed by atoms with Gasteiger partial charge in [0.2, 0.25) is 0 Å². The first-order valence-electron chi connectivity index (χ1n) is 5.72. The van der Waals surface area contributed by atoms with E-state index in [2.05, 4.69) is 26.2 Å². The molecule has 1 unspecified atom stereocenters. The predicted molar refractivity (Wildman–Crippen MR) is 75.9 cm³/mol. The Hall–Kier alpha value is -0.590. The summed E-state index contributed by atoms with van der Waals surface area (Å²) < 4.78 is 0.535. The van der Waals surface area contributed by atoms with Crippen LogP contribution in [0.1, 0.15) is 22.5 Å². The van der Waals surface area contributed by atoms with E-state index in [9.17, 15) is 9.90 Å². The summed E-state index contributed by atoms with van der Waals surface area (Å²) in [5, 5.41) is 12.9. The minimum atomic E-state index is -0.759. The molecule has 2 heterocycles. The minimum absolute atomic E-state index is 0.209. The molecule has 2 N–H and O–H groups in total. The van der Waals surface area contributed by atoms with Crippen LogP contribution in [0.15, 0.2) is 16.7 Å². The fourth-order valence-corrected chi connectivity index (χ4v) is 3.66. The van der Waals surface area contributed by atoms with Crippen molar-refractivity contribution in [1.82, 2.24) is 10.3 Å². The molecule has 98 valence electrons. The number of nitrogens with one attached hydrogen (secondary N) is 1. The summed E-state index contributed by atoms with van der Waals surface area (Å²) in [7, 11) is 0. The quantitative estimate of drug-likeness (QED) is 0.829. The molecule has 1 aromatic heterocycles. The van der Waals surface area contributed by atoms with Gasteiger partial charge in [-0.05, 0) is 47.2 Å². The second kappa shape index (κ2) is 5.59. The van der Waals surface area contributed by atoms with E-state index in [1.807, 2.05) is 6.92 Å². The number of nitrogens with zero attached hydrogens (tertiary/aromatic N) is 1. The molecular weight excluding hydrogens is 316 g/mol. The lowest BCUT2D eigenvalue weighted by atomic mass is 10.0. The van der Waals surface area contributed by atoms with Crippen molar-refractivity contribution < 1.29 is 9.90 Å². The molecule has 1 amide bonds. The maximum absolute atomic E-state index is 12.0. The number of carbonyl (C=O) groups is 1. The molecule has 0 bridgehead atoms. The summed E-state index contributed by atoms with van der Waals surface area (Å²) in [4.78, 5) is 16.2. The highest BCUT2D eigenvalue weighted by atomic mass is 79.9. The number of amides is 1. The molecule has 0 spiro atoms. The van der Waals surface area contributed by atoms with Crippen LogP contribution in [0, 0.1) is 6.92 Å². The van der Waals surface area contributed by atoms with E-state index in [0.717, 1.165) is 17.9 Å². The molecule has 0 aliphatic carbocycles. The van der Waals surface area contributed by atoms with E-state index in [4.69, 9.17) is 0 Å². The van der Waals surface area contributed by atoms with E-state index >= 15 is 0 Å². The molecule has 0 saturated carbocycles. The monoisotopic (exact) mass is 330 g/mol. The van der Waals surface area contributed by atoms with Crippen LogP contribution in [0.25, 0.3) is 0 Å². The van der Waals surface area contributed by atoms with Crippen molar-refractivity contribution in [3.05, 3.63) is 28.0 Å². The Balaban J connectivity index is 1.99. The number of carbonyl (C=O) groups excluding carboxylic acids is 1.